The highest BCUT2D eigenvalue weighted by Crippen LogP contribution is 2.33. The molecule has 0 aliphatic heterocycles. The summed E-state index contributed by atoms with van der Waals surface area (Å²) in [6.45, 7) is 6.17. The minimum atomic E-state index is -0.337. The molecule has 0 bridgehead atoms. The van der Waals surface area contributed by atoms with Crippen LogP contribution in [0.15, 0.2) is 50.6 Å². The van der Waals surface area contributed by atoms with E-state index in [0.717, 1.165) is 10.0 Å². The number of hydrazone groups is 1. The summed E-state index contributed by atoms with van der Waals surface area (Å²) < 4.78 is 11.7. The molecule has 0 atom stereocenters. The first-order valence-corrected chi connectivity index (χ1v) is 7.94. The molecule has 0 aliphatic rings. The van der Waals surface area contributed by atoms with Gasteiger partial charge in [-0.15, -0.1) is 0 Å². The lowest BCUT2D eigenvalue weighted by Crippen LogP contribution is -2.25. The van der Waals surface area contributed by atoms with E-state index in [1.807, 2.05) is 18.2 Å². The average molecular weight is 379 g/mol. The number of carbonyl (C=O) groups is 1. The third-order valence-corrected chi connectivity index (χ3v) is 3.53. The van der Waals surface area contributed by atoms with Gasteiger partial charge in [0.1, 0.15) is 11.5 Å². The number of hydrogen-bond acceptors (Lipinski definition) is 4. The van der Waals surface area contributed by atoms with Crippen LogP contribution >= 0.6 is 15.9 Å². The van der Waals surface area contributed by atoms with Gasteiger partial charge < -0.3 is 9.15 Å². The number of ether oxygens (including phenoxy) is 1. The number of nitrogens with one attached hydrogen (secondary N) is 1. The summed E-state index contributed by atoms with van der Waals surface area (Å²) in [5.74, 6) is 0.913. The Balaban J connectivity index is 1.94. The van der Waals surface area contributed by atoms with E-state index in [4.69, 9.17) is 9.15 Å². The summed E-state index contributed by atoms with van der Waals surface area (Å²) in [6, 6.07) is 9.22. The maximum atomic E-state index is 11.8. The molecule has 2 aromatic rings. The normalized spacial score (nSPS) is 11.7. The van der Waals surface area contributed by atoms with Gasteiger partial charge in [0, 0.05) is 10.0 Å². The lowest BCUT2D eigenvalue weighted by Gasteiger charge is -2.23. The zero-order valence-electron chi connectivity index (χ0n) is 13.3. The highest BCUT2D eigenvalue weighted by Gasteiger charge is 2.19. The van der Waals surface area contributed by atoms with Crippen molar-refractivity contribution >= 4 is 28.1 Å². The van der Waals surface area contributed by atoms with Crippen LogP contribution in [0, 0.1) is 0 Å². The number of benzene rings is 1. The molecule has 1 amide bonds. The highest BCUT2D eigenvalue weighted by molar-refractivity contribution is 9.10. The summed E-state index contributed by atoms with van der Waals surface area (Å²) in [5, 5.41) is 3.81. The molecule has 0 saturated heterocycles. The van der Waals surface area contributed by atoms with E-state index in [-0.39, 0.29) is 17.9 Å². The standard InChI is InChI=1S/C17H19BrN2O3/c1-17(2,3)14-9-12(18)6-7-15(14)23-11-16(21)20-19-10-13-5-4-8-22-13/h4-10H,11H2,1-3H3,(H,20,21)/b19-10+. The molecule has 0 radical (unpaired) electrons. The number of furan rings is 1. The van der Waals surface area contributed by atoms with Crippen LogP contribution in [0.5, 0.6) is 5.75 Å². The van der Waals surface area contributed by atoms with E-state index in [1.54, 1.807) is 12.1 Å². The summed E-state index contributed by atoms with van der Waals surface area (Å²) >= 11 is 3.46. The number of amides is 1. The second-order valence-corrected chi connectivity index (χ2v) is 6.90. The van der Waals surface area contributed by atoms with Gasteiger partial charge in [0.05, 0.1) is 12.5 Å². The Hall–Kier alpha value is -2.08. The quantitative estimate of drug-likeness (QED) is 0.634. The first kappa shape index (κ1) is 17.3. The van der Waals surface area contributed by atoms with Gasteiger partial charge in [-0.3, -0.25) is 4.79 Å². The Labute approximate surface area is 143 Å². The van der Waals surface area contributed by atoms with Gasteiger partial charge in [-0.1, -0.05) is 36.7 Å². The van der Waals surface area contributed by atoms with Gasteiger partial charge in [-0.2, -0.15) is 5.10 Å². The van der Waals surface area contributed by atoms with Gasteiger partial charge in [0.2, 0.25) is 0 Å². The van der Waals surface area contributed by atoms with Crippen molar-refractivity contribution in [2.24, 2.45) is 5.10 Å². The molecule has 1 aromatic carbocycles. The Morgan fingerprint density at radius 2 is 2.17 bits per heavy atom. The summed E-state index contributed by atoms with van der Waals surface area (Å²) in [5.41, 5.74) is 3.33. The molecule has 0 fully saturated rings. The zero-order chi connectivity index (χ0) is 16.9. The molecular weight excluding hydrogens is 360 g/mol. The van der Waals surface area contributed by atoms with Gasteiger partial charge >= 0.3 is 0 Å². The van der Waals surface area contributed by atoms with E-state index in [2.05, 4.69) is 47.2 Å². The van der Waals surface area contributed by atoms with Gasteiger partial charge in [-0.05, 0) is 35.7 Å². The number of halogens is 1. The van der Waals surface area contributed by atoms with Crippen molar-refractivity contribution in [1.82, 2.24) is 5.43 Å². The Morgan fingerprint density at radius 3 is 2.83 bits per heavy atom. The second kappa shape index (κ2) is 7.46. The maximum Gasteiger partial charge on any atom is 0.277 e. The molecule has 0 unspecified atom stereocenters. The summed E-state index contributed by atoms with van der Waals surface area (Å²) in [6.07, 6.45) is 2.96. The minimum Gasteiger partial charge on any atom is -0.483 e. The second-order valence-electron chi connectivity index (χ2n) is 5.99. The van der Waals surface area contributed by atoms with Crippen molar-refractivity contribution in [2.75, 3.05) is 6.61 Å². The molecule has 0 saturated carbocycles. The summed E-state index contributed by atoms with van der Waals surface area (Å²) in [4.78, 5) is 11.8. The van der Waals surface area contributed by atoms with Crippen molar-refractivity contribution in [3.05, 3.63) is 52.4 Å². The molecule has 23 heavy (non-hydrogen) atoms. The van der Waals surface area contributed by atoms with Crippen molar-refractivity contribution in [2.45, 2.75) is 26.2 Å². The monoisotopic (exact) mass is 378 g/mol. The molecule has 122 valence electrons. The van der Waals surface area contributed by atoms with Crippen LogP contribution in [0.3, 0.4) is 0 Å². The summed E-state index contributed by atoms with van der Waals surface area (Å²) in [7, 11) is 0. The lowest BCUT2D eigenvalue weighted by molar-refractivity contribution is -0.123. The molecule has 2 rings (SSSR count). The fourth-order valence-corrected chi connectivity index (χ4v) is 2.28. The first-order valence-electron chi connectivity index (χ1n) is 7.14. The molecule has 1 aromatic heterocycles. The molecular formula is C17H19BrN2O3. The van der Waals surface area contributed by atoms with Gasteiger partial charge in [0.15, 0.2) is 6.61 Å². The molecule has 0 spiro atoms. The minimum absolute atomic E-state index is 0.0902. The Kier molecular flexibility index (Phi) is 5.60. The topological polar surface area (TPSA) is 63.8 Å². The first-order chi connectivity index (χ1) is 10.9. The third-order valence-electron chi connectivity index (χ3n) is 3.03. The molecule has 1 heterocycles. The van der Waals surface area contributed by atoms with Crippen LogP contribution in [0.25, 0.3) is 0 Å². The van der Waals surface area contributed by atoms with Crippen LogP contribution in [0.4, 0.5) is 0 Å². The maximum absolute atomic E-state index is 11.8. The SMILES string of the molecule is CC(C)(C)c1cc(Br)ccc1OCC(=O)N/N=C/c1ccco1. The largest absolute Gasteiger partial charge is 0.483 e. The lowest BCUT2D eigenvalue weighted by atomic mass is 9.86. The van der Waals surface area contributed by atoms with E-state index in [9.17, 15) is 4.79 Å². The molecule has 1 N–H and O–H groups in total. The molecule has 6 heteroatoms. The van der Waals surface area contributed by atoms with Crippen molar-refractivity contribution in [1.29, 1.82) is 0 Å². The highest BCUT2D eigenvalue weighted by atomic mass is 79.9. The van der Waals surface area contributed by atoms with Crippen LogP contribution in [-0.2, 0) is 10.2 Å². The van der Waals surface area contributed by atoms with Gasteiger partial charge in [0.25, 0.3) is 5.91 Å². The van der Waals surface area contributed by atoms with Crippen LogP contribution in [0.1, 0.15) is 32.1 Å². The molecule has 5 nitrogen and oxygen atoms in total. The fraction of sp³-hybridized carbons (Fsp3) is 0.294. The number of nitrogens with zero attached hydrogens (tertiary/aromatic N) is 1. The van der Waals surface area contributed by atoms with Crippen molar-refractivity contribution in [3.8, 4) is 5.75 Å². The van der Waals surface area contributed by atoms with Crippen LogP contribution in [0.2, 0.25) is 0 Å². The smallest absolute Gasteiger partial charge is 0.277 e. The zero-order valence-corrected chi connectivity index (χ0v) is 14.9. The van der Waals surface area contributed by atoms with E-state index in [0.29, 0.717) is 11.5 Å². The van der Waals surface area contributed by atoms with Crippen LogP contribution < -0.4 is 10.2 Å². The number of rotatable bonds is 5. The van der Waals surface area contributed by atoms with E-state index < -0.39 is 0 Å². The Morgan fingerprint density at radius 1 is 1.39 bits per heavy atom. The van der Waals surface area contributed by atoms with Crippen LogP contribution in [-0.4, -0.2) is 18.7 Å². The van der Waals surface area contributed by atoms with Crippen molar-refractivity contribution in [3.63, 3.8) is 0 Å². The Bertz CT molecular complexity index is 688. The average Bonchev–Trinajstić information content (AvgIpc) is 2.98. The van der Waals surface area contributed by atoms with Gasteiger partial charge in [-0.25, -0.2) is 5.43 Å². The van der Waals surface area contributed by atoms with E-state index in [1.165, 1.54) is 12.5 Å². The predicted molar refractivity (Wildman–Crippen MR) is 92.8 cm³/mol. The molecule has 0 aliphatic carbocycles. The number of hydrogen-bond donors (Lipinski definition) is 1. The number of carbonyl (C=O) groups excluding carboxylic acids is 1. The van der Waals surface area contributed by atoms with Crippen molar-refractivity contribution < 1.29 is 13.9 Å². The fourth-order valence-electron chi connectivity index (χ4n) is 1.92. The third kappa shape index (κ3) is 5.25. The van der Waals surface area contributed by atoms with E-state index >= 15 is 0 Å². The predicted octanol–water partition coefficient (Wildman–Crippen LogP) is 3.87.